The fourth-order valence-electron chi connectivity index (χ4n) is 1.94. The number of fused-ring (bicyclic) bond motifs is 1. The van der Waals surface area contributed by atoms with E-state index in [1.807, 2.05) is 0 Å². The lowest BCUT2D eigenvalue weighted by Crippen LogP contribution is -2.14. The van der Waals surface area contributed by atoms with Gasteiger partial charge in [0.1, 0.15) is 4.90 Å². The first-order valence-corrected chi connectivity index (χ1v) is 8.94. The van der Waals surface area contributed by atoms with Gasteiger partial charge >= 0.3 is 0 Å². The van der Waals surface area contributed by atoms with E-state index in [2.05, 4.69) is 20.7 Å². The topological polar surface area (TPSA) is 90.7 Å². The molecule has 1 aromatic carbocycles. The molecule has 0 aliphatic carbocycles. The van der Waals surface area contributed by atoms with Crippen molar-refractivity contribution in [1.82, 2.24) is 0 Å². The molecule has 9 heteroatoms. The molecule has 6 nitrogen and oxygen atoms in total. The van der Waals surface area contributed by atoms with E-state index < -0.39 is 10.0 Å². The van der Waals surface area contributed by atoms with Gasteiger partial charge in [0, 0.05) is 17.0 Å². The summed E-state index contributed by atoms with van der Waals surface area (Å²) < 4.78 is 38.5. The maximum Gasteiger partial charge on any atom is 0.263 e. The smallest absolute Gasteiger partial charge is 0.263 e. The van der Waals surface area contributed by atoms with Gasteiger partial charge in [-0.2, -0.15) is 0 Å². The fourth-order valence-corrected chi connectivity index (χ4v) is 5.44. The third-order valence-electron chi connectivity index (χ3n) is 2.92. The fraction of sp³-hybridized carbons (Fsp3) is 0.167. The van der Waals surface area contributed by atoms with Crippen molar-refractivity contribution >= 4 is 48.7 Å². The van der Waals surface area contributed by atoms with Gasteiger partial charge in [0.15, 0.2) is 11.5 Å². The Morgan fingerprint density at radius 3 is 2.57 bits per heavy atom. The molecule has 1 aliphatic rings. The molecule has 3 rings (SSSR count). The van der Waals surface area contributed by atoms with Crippen LogP contribution in [0, 0.1) is 6.92 Å². The molecule has 112 valence electrons. The van der Waals surface area contributed by atoms with E-state index in [1.54, 1.807) is 13.0 Å². The van der Waals surface area contributed by atoms with Crippen LogP contribution in [0.4, 0.5) is 11.4 Å². The minimum absolute atomic E-state index is 0.0988. The predicted octanol–water partition coefficient (Wildman–Crippen LogP) is 2.93. The summed E-state index contributed by atoms with van der Waals surface area (Å²) in [6.07, 6.45) is 0. The highest BCUT2D eigenvalue weighted by Gasteiger charge is 2.23. The number of sulfonamides is 1. The minimum Gasteiger partial charge on any atom is -0.454 e. The molecule has 0 amide bonds. The van der Waals surface area contributed by atoms with Crippen LogP contribution in [0.2, 0.25) is 0 Å². The van der Waals surface area contributed by atoms with Crippen molar-refractivity contribution in [3.05, 3.63) is 26.9 Å². The van der Waals surface area contributed by atoms with E-state index in [4.69, 9.17) is 15.2 Å². The first-order valence-electron chi connectivity index (χ1n) is 5.85. The van der Waals surface area contributed by atoms with Gasteiger partial charge in [0.05, 0.1) is 15.2 Å². The number of anilines is 2. The van der Waals surface area contributed by atoms with Crippen molar-refractivity contribution in [2.75, 3.05) is 17.2 Å². The molecule has 2 heterocycles. The molecule has 3 N–H and O–H groups in total. The zero-order valence-electron chi connectivity index (χ0n) is 10.8. The summed E-state index contributed by atoms with van der Waals surface area (Å²) in [6, 6.07) is 4.62. The Morgan fingerprint density at radius 2 is 1.95 bits per heavy atom. The number of nitrogens with two attached hydrogens (primary N) is 1. The third-order valence-corrected chi connectivity index (χ3v) is 6.10. The number of hydrogen-bond donors (Lipinski definition) is 2. The summed E-state index contributed by atoms with van der Waals surface area (Å²) in [7, 11) is -3.71. The van der Waals surface area contributed by atoms with Crippen molar-refractivity contribution in [2.24, 2.45) is 0 Å². The lowest BCUT2D eigenvalue weighted by molar-refractivity contribution is 0.174. The highest BCUT2D eigenvalue weighted by atomic mass is 79.9. The van der Waals surface area contributed by atoms with Gasteiger partial charge in [-0.05, 0) is 28.9 Å². The molecule has 0 bridgehead atoms. The first-order chi connectivity index (χ1) is 9.87. The van der Waals surface area contributed by atoms with Gasteiger partial charge < -0.3 is 15.2 Å². The van der Waals surface area contributed by atoms with E-state index in [1.165, 1.54) is 23.5 Å². The van der Waals surface area contributed by atoms with Crippen molar-refractivity contribution in [3.63, 3.8) is 0 Å². The van der Waals surface area contributed by atoms with Crippen LogP contribution in [0.1, 0.15) is 4.88 Å². The highest BCUT2D eigenvalue weighted by molar-refractivity contribution is 9.11. The normalized spacial score (nSPS) is 13.4. The molecule has 0 saturated heterocycles. The second-order valence-electron chi connectivity index (χ2n) is 4.37. The largest absolute Gasteiger partial charge is 0.454 e. The van der Waals surface area contributed by atoms with Crippen LogP contribution in [0.3, 0.4) is 0 Å². The van der Waals surface area contributed by atoms with E-state index in [-0.39, 0.29) is 23.1 Å². The van der Waals surface area contributed by atoms with Gasteiger partial charge in [-0.3, -0.25) is 4.72 Å². The predicted molar refractivity (Wildman–Crippen MR) is 84.5 cm³/mol. The van der Waals surface area contributed by atoms with Crippen molar-refractivity contribution < 1.29 is 17.9 Å². The number of nitrogens with one attached hydrogen (secondary N) is 1. The monoisotopic (exact) mass is 390 g/mol. The number of thiophene rings is 1. The van der Waals surface area contributed by atoms with Crippen LogP contribution in [0.25, 0.3) is 0 Å². The highest BCUT2D eigenvalue weighted by Crippen LogP contribution is 2.39. The number of hydrogen-bond acceptors (Lipinski definition) is 6. The number of nitrogen functional groups attached to an aromatic ring is 1. The standard InChI is InChI=1S/C12H11BrN2O4S2/c1-6-11(4-12(13)20-6)21(16,17)15-8-3-10-9(2-7(8)14)18-5-19-10/h2-4,15H,5,14H2,1H3. The zero-order chi connectivity index (χ0) is 15.2. The maximum absolute atomic E-state index is 12.4. The maximum atomic E-state index is 12.4. The number of rotatable bonds is 3. The molecule has 1 aromatic heterocycles. The first kappa shape index (κ1) is 14.5. The molecule has 2 aromatic rings. The number of halogens is 1. The van der Waals surface area contributed by atoms with Gasteiger partial charge in [-0.25, -0.2) is 8.42 Å². The quantitative estimate of drug-likeness (QED) is 0.786. The number of aryl methyl sites for hydroxylation is 1. The summed E-state index contributed by atoms with van der Waals surface area (Å²) in [6.45, 7) is 1.84. The summed E-state index contributed by atoms with van der Waals surface area (Å²) in [5.41, 5.74) is 6.39. The van der Waals surface area contributed by atoms with E-state index in [0.717, 1.165) is 3.79 Å². The molecule has 0 saturated carbocycles. The van der Waals surface area contributed by atoms with E-state index >= 15 is 0 Å². The van der Waals surface area contributed by atoms with E-state index in [0.29, 0.717) is 16.4 Å². The van der Waals surface area contributed by atoms with Gasteiger partial charge in [0.25, 0.3) is 10.0 Å². The minimum atomic E-state index is -3.71. The number of benzene rings is 1. The molecule has 0 radical (unpaired) electrons. The van der Waals surface area contributed by atoms with Crippen LogP contribution >= 0.6 is 27.3 Å². The van der Waals surface area contributed by atoms with Crippen LogP contribution in [0.15, 0.2) is 26.9 Å². The molecule has 0 atom stereocenters. The Bertz CT molecular complexity index is 817. The molecule has 0 spiro atoms. The van der Waals surface area contributed by atoms with Gasteiger partial charge in [0.2, 0.25) is 6.79 Å². The number of ether oxygens (including phenoxy) is 2. The Labute approximate surface area is 134 Å². The van der Waals surface area contributed by atoms with E-state index in [9.17, 15) is 8.42 Å². The Morgan fingerprint density at radius 1 is 1.29 bits per heavy atom. The SMILES string of the molecule is Cc1sc(Br)cc1S(=O)(=O)Nc1cc2c(cc1N)OCO2. The molecule has 0 unspecified atom stereocenters. The van der Waals surface area contributed by atoms with Crippen molar-refractivity contribution in [1.29, 1.82) is 0 Å². The van der Waals surface area contributed by atoms with Crippen LogP contribution in [-0.4, -0.2) is 15.2 Å². The second-order valence-corrected chi connectivity index (χ2v) is 8.66. The lowest BCUT2D eigenvalue weighted by Gasteiger charge is -2.11. The van der Waals surface area contributed by atoms with Gasteiger partial charge in [-0.15, -0.1) is 11.3 Å². The third kappa shape index (κ3) is 2.68. The van der Waals surface area contributed by atoms with Crippen LogP contribution < -0.4 is 19.9 Å². The summed E-state index contributed by atoms with van der Waals surface area (Å²) in [5, 5.41) is 0. The Balaban J connectivity index is 1.98. The Hall–Kier alpha value is -1.45. The van der Waals surface area contributed by atoms with Crippen molar-refractivity contribution in [2.45, 2.75) is 11.8 Å². The van der Waals surface area contributed by atoms with Gasteiger partial charge in [-0.1, -0.05) is 0 Å². The van der Waals surface area contributed by atoms with Crippen LogP contribution in [-0.2, 0) is 10.0 Å². The zero-order valence-corrected chi connectivity index (χ0v) is 14.1. The summed E-state index contributed by atoms with van der Waals surface area (Å²) >= 11 is 4.63. The second kappa shape index (κ2) is 5.08. The average molecular weight is 391 g/mol. The average Bonchev–Trinajstić information content (AvgIpc) is 2.95. The summed E-state index contributed by atoms with van der Waals surface area (Å²) in [4.78, 5) is 0.908. The molecular formula is C12H11BrN2O4S2. The lowest BCUT2D eigenvalue weighted by atomic mass is 10.2. The molecular weight excluding hydrogens is 380 g/mol. The molecule has 1 aliphatic heterocycles. The Kier molecular flexibility index (Phi) is 3.50. The van der Waals surface area contributed by atoms with Crippen molar-refractivity contribution in [3.8, 4) is 11.5 Å². The molecule has 0 fully saturated rings. The summed E-state index contributed by atoms with van der Waals surface area (Å²) in [5.74, 6) is 0.968. The van der Waals surface area contributed by atoms with Crippen LogP contribution in [0.5, 0.6) is 11.5 Å². The molecule has 21 heavy (non-hydrogen) atoms.